The summed E-state index contributed by atoms with van der Waals surface area (Å²) in [5.74, 6) is -0.393. The molecule has 1 aliphatic rings. The number of methoxy groups -OCH3 is 1. The molecule has 0 saturated heterocycles. The second-order valence-electron chi connectivity index (χ2n) is 8.35. The zero-order valence-corrected chi connectivity index (χ0v) is 22.0. The van der Waals surface area contributed by atoms with Crippen molar-refractivity contribution < 1.29 is 27.2 Å². The Bertz CT molecular complexity index is 1490. The monoisotopic (exact) mass is 540 g/mol. The number of hydrogen-bond donors (Lipinski definition) is 1. The molecule has 2 aromatic carbocycles. The number of ether oxygens (including phenoxy) is 1. The van der Waals surface area contributed by atoms with Crippen LogP contribution in [0.4, 0.5) is 0 Å². The van der Waals surface area contributed by atoms with Gasteiger partial charge in [0.15, 0.2) is 0 Å². The minimum Gasteiger partial charge on any atom is -0.465 e. The molecule has 0 saturated carbocycles. The van der Waals surface area contributed by atoms with Crippen LogP contribution in [0.25, 0.3) is 6.08 Å². The van der Waals surface area contributed by atoms with Crippen molar-refractivity contribution >= 4 is 39.6 Å². The van der Waals surface area contributed by atoms with Gasteiger partial charge in [-0.05, 0) is 61.9 Å². The van der Waals surface area contributed by atoms with Crippen LogP contribution in [0.15, 0.2) is 92.9 Å². The summed E-state index contributed by atoms with van der Waals surface area (Å²) in [6.45, 7) is 3.47. The summed E-state index contributed by atoms with van der Waals surface area (Å²) in [4.78, 5) is 27.7. The number of carbonyl (C=O) groups excluding carboxylic acids is 2. The summed E-state index contributed by atoms with van der Waals surface area (Å²) >= 11 is 5.83. The van der Waals surface area contributed by atoms with Crippen LogP contribution >= 0.6 is 11.6 Å². The van der Waals surface area contributed by atoms with Crippen molar-refractivity contribution in [1.82, 2.24) is 9.62 Å². The van der Waals surface area contributed by atoms with Crippen molar-refractivity contribution in [3.8, 4) is 0 Å². The molecule has 10 heteroatoms. The summed E-state index contributed by atoms with van der Waals surface area (Å²) in [7, 11) is -2.53. The van der Waals surface area contributed by atoms with Crippen LogP contribution < -0.4 is 4.72 Å². The number of rotatable bonds is 8. The summed E-state index contributed by atoms with van der Waals surface area (Å²) in [5, 5.41) is 0.427. The molecule has 8 nitrogen and oxygen atoms in total. The molecule has 2 heterocycles. The van der Waals surface area contributed by atoms with E-state index in [1.165, 1.54) is 37.5 Å². The van der Waals surface area contributed by atoms with E-state index in [9.17, 15) is 18.0 Å². The standard InChI is InChI=1S/C27H25ClN2O6S/c1-17(19-7-5-4-6-8-19)30-18(2)25(27(32)35-3)24(26(30)31)15-21-11-12-22(36-21)16-29-37(33,34)23-13-9-20(28)10-14-23/h4-15,17,29H,16H2,1-3H3/b24-15+/t17-/m1/s1. The number of hydrogen-bond acceptors (Lipinski definition) is 6. The van der Waals surface area contributed by atoms with Crippen molar-refractivity contribution in [2.75, 3.05) is 7.11 Å². The second kappa shape index (κ2) is 10.8. The maximum Gasteiger partial charge on any atom is 0.340 e. The molecule has 4 rings (SSSR count). The van der Waals surface area contributed by atoms with Crippen LogP contribution in [0.2, 0.25) is 5.02 Å². The van der Waals surface area contributed by atoms with Crippen LogP contribution in [-0.4, -0.2) is 32.3 Å². The summed E-state index contributed by atoms with van der Waals surface area (Å²) in [6, 6.07) is 18.1. The Balaban J connectivity index is 1.58. The third-order valence-corrected chi connectivity index (χ3v) is 7.70. The molecule has 1 amide bonds. The smallest absolute Gasteiger partial charge is 0.340 e. The third-order valence-electron chi connectivity index (χ3n) is 6.03. The predicted octanol–water partition coefficient (Wildman–Crippen LogP) is 4.85. The van der Waals surface area contributed by atoms with Crippen molar-refractivity contribution in [3.05, 3.63) is 106 Å². The lowest BCUT2D eigenvalue weighted by molar-refractivity contribution is -0.136. The maximum atomic E-state index is 13.5. The number of benzene rings is 2. The van der Waals surface area contributed by atoms with Crippen molar-refractivity contribution in [3.63, 3.8) is 0 Å². The second-order valence-corrected chi connectivity index (χ2v) is 10.6. The lowest BCUT2D eigenvalue weighted by Crippen LogP contribution is -2.28. The maximum absolute atomic E-state index is 13.5. The van der Waals surface area contributed by atoms with Gasteiger partial charge in [0.1, 0.15) is 11.5 Å². The van der Waals surface area contributed by atoms with E-state index in [4.69, 9.17) is 20.8 Å². The number of nitrogens with one attached hydrogen (secondary N) is 1. The number of halogens is 1. The number of esters is 1. The van der Waals surface area contributed by atoms with Crippen LogP contribution in [0, 0.1) is 0 Å². The van der Waals surface area contributed by atoms with Crippen molar-refractivity contribution in [2.45, 2.75) is 31.3 Å². The fraction of sp³-hybridized carbons (Fsp3) is 0.185. The average molecular weight is 541 g/mol. The van der Waals surface area contributed by atoms with Gasteiger partial charge in [0, 0.05) is 10.7 Å². The van der Waals surface area contributed by atoms with E-state index in [1.807, 2.05) is 37.3 Å². The van der Waals surface area contributed by atoms with Crippen LogP contribution in [0.1, 0.15) is 37.0 Å². The molecule has 1 N–H and O–H groups in total. The van der Waals surface area contributed by atoms with Crippen LogP contribution in [0.3, 0.4) is 0 Å². The van der Waals surface area contributed by atoms with E-state index >= 15 is 0 Å². The third kappa shape index (κ3) is 5.53. The van der Waals surface area contributed by atoms with Gasteiger partial charge in [-0.1, -0.05) is 41.9 Å². The van der Waals surface area contributed by atoms with E-state index in [0.717, 1.165) is 5.56 Å². The van der Waals surface area contributed by atoms with Gasteiger partial charge >= 0.3 is 5.97 Å². The highest BCUT2D eigenvalue weighted by Crippen LogP contribution is 2.37. The molecule has 0 unspecified atom stereocenters. The molecular formula is C27H25ClN2O6S. The number of sulfonamides is 1. The Hall–Kier alpha value is -3.66. The zero-order chi connectivity index (χ0) is 26.7. The Morgan fingerprint density at radius 1 is 1.11 bits per heavy atom. The highest BCUT2D eigenvalue weighted by atomic mass is 35.5. The first-order valence-electron chi connectivity index (χ1n) is 11.4. The van der Waals surface area contributed by atoms with Gasteiger partial charge in [-0.2, -0.15) is 0 Å². The number of furan rings is 1. The van der Waals surface area contributed by atoms with Gasteiger partial charge in [-0.25, -0.2) is 17.9 Å². The van der Waals surface area contributed by atoms with E-state index < -0.39 is 16.0 Å². The van der Waals surface area contributed by atoms with E-state index in [1.54, 1.807) is 24.0 Å². The van der Waals surface area contributed by atoms with E-state index in [-0.39, 0.29) is 40.3 Å². The normalized spacial score (nSPS) is 15.9. The predicted molar refractivity (Wildman–Crippen MR) is 139 cm³/mol. The number of nitrogens with zero attached hydrogens (tertiary/aromatic N) is 1. The molecule has 192 valence electrons. The van der Waals surface area contributed by atoms with Crippen LogP contribution in [-0.2, 0) is 30.9 Å². The lowest BCUT2D eigenvalue weighted by Gasteiger charge is -2.26. The highest BCUT2D eigenvalue weighted by molar-refractivity contribution is 7.89. The zero-order valence-electron chi connectivity index (χ0n) is 20.4. The van der Waals surface area contributed by atoms with Gasteiger partial charge in [0.25, 0.3) is 5.91 Å². The fourth-order valence-corrected chi connectivity index (χ4v) is 5.24. The Kier molecular flexibility index (Phi) is 7.68. The van der Waals surface area contributed by atoms with E-state index in [0.29, 0.717) is 16.5 Å². The molecule has 0 aliphatic carbocycles. The largest absolute Gasteiger partial charge is 0.465 e. The molecule has 0 spiro atoms. The molecule has 0 fully saturated rings. The lowest BCUT2D eigenvalue weighted by atomic mass is 10.1. The molecule has 3 aromatic rings. The highest BCUT2D eigenvalue weighted by Gasteiger charge is 2.39. The number of carbonyl (C=O) groups is 2. The molecule has 1 aromatic heterocycles. The van der Waals surface area contributed by atoms with E-state index in [2.05, 4.69) is 4.72 Å². The minimum atomic E-state index is -3.78. The quantitative estimate of drug-likeness (QED) is 0.323. The van der Waals surface area contributed by atoms with Crippen LogP contribution in [0.5, 0.6) is 0 Å². The molecule has 0 bridgehead atoms. The fourth-order valence-electron chi connectivity index (χ4n) is 4.12. The minimum absolute atomic E-state index is 0.0679. The molecule has 1 atom stereocenters. The molecule has 1 aliphatic heterocycles. The Morgan fingerprint density at radius 2 is 1.78 bits per heavy atom. The number of allylic oxidation sites excluding steroid dienone is 1. The molecular weight excluding hydrogens is 516 g/mol. The van der Waals surface area contributed by atoms with Crippen molar-refractivity contribution in [2.24, 2.45) is 0 Å². The summed E-state index contributed by atoms with van der Waals surface area (Å²) < 4.78 is 38.2. The first-order valence-corrected chi connectivity index (χ1v) is 13.2. The average Bonchev–Trinajstić information content (AvgIpc) is 3.44. The van der Waals surface area contributed by atoms with Crippen molar-refractivity contribution in [1.29, 1.82) is 0 Å². The first-order chi connectivity index (χ1) is 17.6. The summed E-state index contributed by atoms with van der Waals surface area (Å²) in [5.41, 5.74) is 1.67. The van der Waals surface area contributed by atoms with Gasteiger partial charge < -0.3 is 14.1 Å². The van der Waals surface area contributed by atoms with Gasteiger partial charge in [-0.15, -0.1) is 0 Å². The van der Waals surface area contributed by atoms with Gasteiger partial charge in [0.2, 0.25) is 10.0 Å². The first kappa shape index (κ1) is 26.4. The molecule has 37 heavy (non-hydrogen) atoms. The summed E-state index contributed by atoms with van der Waals surface area (Å²) in [6.07, 6.45) is 1.47. The Morgan fingerprint density at radius 3 is 2.43 bits per heavy atom. The molecule has 0 radical (unpaired) electrons. The number of amides is 1. The van der Waals surface area contributed by atoms with Gasteiger partial charge in [-0.3, -0.25) is 4.79 Å². The SMILES string of the molecule is COC(=O)C1=C(C)N([C@H](C)c2ccccc2)C(=O)/C1=C/c1ccc(CNS(=O)(=O)c2ccc(Cl)cc2)o1. The van der Waals surface area contributed by atoms with Gasteiger partial charge in [0.05, 0.1) is 35.7 Å². The topological polar surface area (TPSA) is 106 Å². The Labute approximate surface area is 220 Å².